The topological polar surface area (TPSA) is 75.6 Å². The number of aliphatic carboxylic acids is 1. The number of rotatable bonds is 5. The van der Waals surface area contributed by atoms with Crippen molar-refractivity contribution in [2.75, 3.05) is 6.61 Å². The van der Waals surface area contributed by atoms with Crippen LogP contribution in [0, 0.1) is 12.3 Å². The highest BCUT2D eigenvalue weighted by Gasteiger charge is 2.66. The molecule has 1 amide bonds. The maximum atomic E-state index is 12.3. The van der Waals surface area contributed by atoms with E-state index in [1.54, 1.807) is 6.07 Å². The van der Waals surface area contributed by atoms with Crippen molar-refractivity contribution in [1.29, 1.82) is 0 Å². The Balaban J connectivity index is 2.22. The Kier molecular flexibility index (Phi) is 4.13. The first kappa shape index (κ1) is 16.0. The number of hydrogen-bond donors (Lipinski definition) is 2. The predicted molar refractivity (Wildman–Crippen MR) is 80.7 cm³/mol. The summed E-state index contributed by atoms with van der Waals surface area (Å²) in [6.07, 6.45) is 0.128. The van der Waals surface area contributed by atoms with Gasteiger partial charge in [0, 0.05) is 23.3 Å². The van der Waals surface area contributed by atoms with Crippen molar-refractivity contribution < 1.29 is 19.4 Å². The summed E-state index contributed by atoms with van der Waals surface area (Å²) in [4.78, 5) is 25.6. The molecule has 1 saturated carbocycles. The summed E-state index contributed by atoms with van der Waals surface area (Å²) < 4.78 is 5.58. The molecule has 21 heavy (non-hydrogen) atoms. The number of carboxylic acid groups (broad SMARTS) is 1. The normalized spacial score (nSPS) is 27.0. The zero-order valence-corrected chi connectivity index (χ0v) is 13.5. The predicted octanol–water partition coefficient (Wildman–Crippen LogP) is 2.44. The first-order valence-electron chi connectivity index (χ1n) is 6.98. The Labute approximate surface area is 128 Å². The summed E-state index contributed by atoms with van der Waals surface area (Å²) in [5, 5.41) is 12.4. The molecule has 2 rings (SSSR count). The molecule has 2 N–H and O–H groups in total. The molecule has 1 aliphatic carbocycles. The van der Waals surface area contributed by atoms with E-state index in [1.165, 1.54) is 11.3 Å². The molecule has 0 bridgehead atoms. The molecule has 0 aliphatic heterocycles. The molecule has 0 spiro atoms. The first-order chi connectivity index (χ1) is 9.74. The van der Waals surface area contributed by atoms with Crippen LogP contribution in [0.1, 0.15) is 41.7 Å². The van der Waals surface area contributed by atoms with Gasteiger partial charge in [0.2, 0.25) is 0 Å². The van der Waals surface area contributed by atoms with Crippen LogP contribution in [0.15, 0.2) is 12.1 Å². The van der Waals surface area contributed by atoms with Crippen LogP contribution in [0.5, 0.6) is 0 Å². The lowest BCUT2D eigenvalue weighted by Crippen LogP contribution is -2.76. The van der Waals surface area contributed by atoms with Gasteiger partial charge in [-0.05, 0) is 26.0 Å². The molecular weight excluding hydrogens is 290 g/mol. The van der Waals surface area contributed by atoms with Crippen LogP contribution in [0.4, 0.5) is 0 Å². The Bertz CT molecular complexity index is 566. The lowest BCUT2D eigenvalue weighted by Gasteiger charge is -2.58. The second-order valence-electron chi connectivity index (χ2n) is 5.94. The number of carbonyl (C=O) groups excluding carboxylic acids is 1. The van der Waals surface area contributed by atoms with Gasteiger partial charge in [0.25, 0.3) is 5.91 Å². The minimum atomic E-state index is -1.28. The van der Waals surface area contributed by atoms with Crippen molar-refractivity contribution in [3.63, 3.8) is 0 Å². The van der Waals surface area contributed by atoms with Gasteiger partial charge in [-0.3, -0.25) is 4.79 Å². The smallest absolute Gasteiger partial charge is 0.330 e. The van der Waals surface area contributed by atoms with Gasteiger partial charge in [-0.1, -0.05) is 13.8 Å². The first-order valence-corrected chi connectivity index (χ1v) is 7.80. The number of ether oxygens (including phenoxy) is 1. The number of carboxylic acids is 1. The molecule has 1 fully saturated rings. The molecule has 0 aromatic carbocycles. The van der Waals surface area contributed by atoms with Gasteiger partial charge >= 0.3 is 5.97 Å². The van der Waals surface area contributed by atoms with Crippen LogP contribution in [-0.2, 0) is 9.53 Å². The molecule has 1 heterocycles. The number of thiophene rings is 1. The third-order valence-electron chi connectivity index (χ3n) is 4.42. The van der Waals surface area contributed by atoms with Crippen LogP contribution in [0.25, 0.3) is 0 Å². The monoisotopic (exact) mass is 311 g/mol. The average Bonchev–Trinajstić information content (AvgIpc) is 2.83. The van der Waals surface area contributed by atoms with Gasteiger partial charge in [0.1, 0.15) is 5.54 Å². The van der Waals surface area contributed by atoms with E-state index in [9.17, 15) is 14.7 Å². The van der Waals surface area contributed by atoms with Crippen molar-refractivity contribution in [1.82, 2.24) is 5.32 Å². The molecular formula is C15H21NO4S. The van der Waals surface area contributed by atoms with E-state index in [1.807, 2.05) is 33.8 Å². The van der Waals surface area contributed by atoms with Gasteiger partial charge in [0.15, 0.2) is 0 Å². The van der Waals surface area contributed by atoms with Crippen molar-refractivity contribution in [3.8, 4) is 0 Å². The Morgan fingerprint density at radius 3 is 2.57 bits per heavy atom. The van der Waals surface area contributed by atoms with Gasteiger partial charge in [0.05, 0.1) is 11.0 Å². The van der Waals surface area contributed by atoms with Crippen molar-refractivity contribution in [2.45, 2.75) is 45.8 Å². The van der Waals surface area contributed by atoms with Crippen LogP contribution in [0.2, 0.25) is 0 Å². The molecule has 5 nitrogen and oxygen atoms in total. The van der Waals surface area contributed by atoms with Crippen molar-refractivity contribution in [2.24, 2.45) is 5.41 Å². The van der Waals surface area contributed by atoms with Crippen molar-refractivity contribution >= 4 is 23.2 Å². The zero-order valence-electron chi connectivity index (χ0n) is 12.7. The Hall–Kier alpha value is -1.40. The number of hydrogen-bond acceptors (Lipinski definition) is 4. The minimum Gasteiger partial charge on any atom is -0.479 e. The summed E-state index contributed by atoms with van der Waals surface area (Å²) >= 11 is 1.36. The third-order valence-corrected chi connectivity index (χ3v) is 5.42. The fraction of sp³-hybridized carbons (Fsp3) is 0.600. The summed E-state index contributed by atoms with van der Waals surface area (Å²) in [5.74, 6) is -1.34. The molecule has 1 aromatic rings. The lowest BCUT2D eigenvalue weighted by atomic mass is 9.54. The highest BCUT2D eigenvalue weighted by atomic mass is 32.1. The second kappa shape index (κ2) is 5.42. The van der Waals surface area contributed by atoms with Gasteiger partial charge in [-0.15, -0.1) is 11.3 Å². The van der Waals surface area contributed by atoms with Crippen molar-refractivity contribution in [3.05, 3.63) is 21.9 Å². The summed E-state index contributed by atoms with van der Waals surface area (Å²) in [6, 6.07) is 3.57. The van der Waals surface area contributed by atoms with Crippen LogP contribution in [0.3, 0.4) is 0 Å². The zero-order chi connectivity index (χ0) is 15.8. The van der Waals surface area contributed by atoms with E-state index >= 15 is 0 Å². The highest BCUT2D eigenvalue weighted by molar-refractivity contribution is 7.13. The Morgan fingerprint density at radius 1 is 1.48 bits per heavy atom. The number of amides is 1. The van der Waals surface area contributed by atoms with Crippen LogP contribution >= 0.6 is 11.3 Å². The molecule has 0 unspecified atom stereocenters. The van der Waals surface area contributed by atoms with E-state index in [4.69, 9.17) is 4.74 Å². The van der Waals surface area contributed by atoms with E-state index in [0.717, 1.165) is 4.88 Å². The fourth-order valence-electron chi connectivity index (χ4n) is 2.85. The fourth-order valence-corrected chi connectivity index (χ4v) is 3.61. The number of nitrogens with one attached hydrogen (secondary N) is 1. The molecule has 1 aliphatic rings. The maximum Gasteiger partial charge on any atom is 0.330 e. The van der Waals surface area contributed by atoms with Gasteiger partial charge in [-0.2, -0.15) is 0 Å². The van der Waals surface area contributed by atoms with E-state index in [2.05, 4.69) is 5.32 Å². The summed E-state index contributed by atoms with van der Waals surface area (Å²) in [6.45, 7) is 7.97. The largest absolute Gasteiger partial charge is 0.479 e. The molecule has 6 heteroatoms. The molecule has 0 saturated heterocycles. The molecule has 1 aromatic heterocycles. The molecule has 2 atom stereocenters. The van der Waals surface area contributed by atoms with Gasteiger partial charge < -0.3 is 15.2 Å². The number of aryl methyl sites for hydroxylation is 1. The third kappa shape index (κ3) is 2.46. The summed E-state index contributed by atoms with van der Waals surface area (Å²) in [5.41, 5.74) is -1.93. The minimum absolute atomic E-state index is 0.163. The SMILES string of the molecule is CCO[C@@H]1C[C@@](NC(=O)c2ccc(C)s2)(C(=O)O)C1(C)C. The molecule has 116 valence electrons. The van der Waals surface area contributed by atoms with E-state index in [0.29, 0.717) is 17.9 Å². The molecule has 0 radical (unpaired) electrons. The van der Waals surface area contributed by atoms with Crippen LogP contribution < -0.4 is 5.32 Å². The average molecular weight is 311 g/mol. The van der Waals surface area contributed by atoms with Crippen LogP contribution in [-0.4, -0.2) is 35.2 Å². The van der Waals surface area contributed by atoms with Gasteiger partial charge in [-0.25, -0.2) is 4.79 Å². The standard InChI is InChI=1S/C15H21NO4S/c1-5-20-11-8-15(13(18)19,14(11,3)4)16-12(17)10-7-6-9(2)21-10/h6-7,11H,5,8H2,1-4H3,(H,16,17)(H,18,19)/t11-,15-/m1/s1. The lowest BCUT2D eigenvalue weighted by molar-refractivity contribution is -0.190. The van der Waals surface area contributed by atoms with E-state index in [-0.39, 0.29) is 12.0 Å². The van der Waals surface area contributed by atoms with E-state index < -0.39 is 16.9 Å². The highest BCUT2D eigenvalue weighted by Crippen LogP contribution is 2.51. The summed E-state index contributed by atoms with van der Waals surface area (Å²) in [7, 11) is 0. The quantitative estimate of drug-likeness (QED) is 0.876. The Morgan fingerprint density at radius 2 is 2.14 bits per heavy atom. The maximum absolute atomic E-state index is 12.3. The second-order valence-corrected chi connectivity index (χ2v) is 7.23. The number of carbonyl (C=O) groups is 2.